The van der Waals surface area contributed by atoms with Gasteiger partial charge in [0.1, 0.15) is 0 Å². The number of nitrogens with zero attached hydrogens (tertiary/aromatic N) is 5. The van der Waals surface area contributed by atoms with E-state index >= 15 is 0 Å². The van der Waals surface area contributed by atoms with Crippen LogP contribution >= 0.6 is 0 Å². The fourth-order valence-corrected chi connectivity index (χ4v) is 5.16. The highest BCUT2D eigenvalue weighted by molar-refractivity contribution is 6.09. The van der Waals surface area contributed by atoms with Gasteiger partial charge in [0.15, 0.2) is 0 Å². The van der Waals surface area contributed by atoms with Crippen LogP contribution in [0.2, 0.25) is 0 Å². The summed E-state index contributed by atoms with van der Waals surface area (Å²) in [7, 11) is 0. The first-order chi connectivity index (χ1) is 19.9. The smallest absolute Gasteiger partial charge is 0.316 e. The molecule has 10 nitrogen and oxygen atoms in total. The van der Waals surface area contributed by atoms with E-state index in [0.717, 1.165) is 33.5 Å². The monoisotopic (exact) mass is 546 g/mol. The summed E-state index contributed by atoms with van der Waals surface area (Å²) < 4.78 is 0. The maximum absolute atomic E-state index is 13.2. The number of hydrazone groups is 1. The minimum atomic E-state index is -0.454. The van der Waals surface area contributed by atoms with Gasteiger partial charge in [-0.1, -0.05) is 54.6 Å². The van der Waals surface area contributed by atoms with E-state index in [4.69, 9.17) is 5.10 Å². The molecule has 0 bridgehead atoms. The van der Waals surface area contributed by atoms with Gasteiger partial charge in [-0.2, -0.15) is 5.10 Å². The zero-order valence-electron chi connectivity index (χ0n) is 22.0. The summed E-state index contributed by atoms with van der Waals surface area (Å²) in [6, 6.07) is 25.1. The number of nitrogens with one attached hydrogen (secondary N) is 1. The summed E-state index contributed by atoms with van der Waals surface area (Å²) >= 11 is 0. The number of carbonyl (C=O) groups excluding carboxylic acids is 2. The van der Waals surface area contributed by atoms with Crippen molar-refractivity contribution in [2.45, 2.75) is 32.0 Å². The molecule has 3 amide bonds. The molecule has 3 aromatic carbocycles. The van der Waals surface area contributed by atoms with Crippen molar-refractivity contribution in [3.8, 4) is 0 Å². The Morgan fingerprint density at radius 3 is 2.39 bits per heavy atom. The Bertz CT molecular complexity index is 1610. The summed E-state index contributed by atoms with van der Waals surface area (Å²) in [6.07, 6.45) is 3.76. The van der Waals surface area contributed by atoms with Crippen molar-refractivity contribution in [2.24, 2.45) is 5.10 Å². The Hall–Kier alpha value is -5.38. The van der Waals surface area contributed by atoms with E-state index < -0.39 is 4.92 Å². The van der Waals surface area contributed by atoms with E-state index in [1.54, 1.807) is 29.4 Å². The second kappa shape index (κ2) is 11.0. The lowest BCUT2D eigenvalue weighted by Gasteiger charge is -2.30. The fourth-order valence-electron chi connectivity index (χ4n) is 5.16. The van der Waals surface area contributed by atoms with Gasteiger partial charge in [-0.15, -0.1) is 0 Å². The molecule has 2 aliphatic rings. The van der Waals surface area contributed by atoms with E-state index in [-0.39, 0.29) is 36.5 Å². The van der Waals surface area contributed by atoms with Crippen LogP contribution in [0.25, 0.3) is 0 Å². The number of anilines is 1. The molecule has 10 heteroatoms. The van der Waals surface area contributed by atoms with Crippen molar-refractivity contribution >= 4 is 29.0 Å². The minimum Gasteiger partial charge on any atom is -0.316 e. The van der Waals surface area contributed by atoms with Crippen LogP contribution in [-0.4, -0.2) is 37.5 Å². The van der Waals surface area contributed by atoms with Gasteiger partial charge in [-0.25, -0.2) is 9.80 Å². The molecule has 1 aromatic heterocycles. The van der Waals surface area contributed by atoms with Gasteiger partial charge in [0.2, 0.25) is 5.91 Å². The maximum atomic E-state index is 13.2. The van der Waals surface area contributed by atoms with Crippen molar-refractivity contribution in [1.29, 1.82) is 0 Å². The molecule has 0 saturated carbocycles. The SMILES string of the molecule is O=C(Nc1ccc(C2=NN(Cc3ccc([N+](=O)[O-])cc3)C(=O)CC2c2ccccc2)cc1)N1Cc2ccncc2C1. The van der Waals surface area contributed by atoms with Crippen LogP contribution in [-0.2, 0) is 24.4 Å². The third kappa shape index (κ3) is 5.53. The number of nitro groups is 1. The molecule has 0 aliphatic carbocycles. The van der Waals surface area contributed by atoms with E-state index in [0.29, 0.717) is 18.8 Å². The van der Waals surface area contributed by atoms with Crippen LogP contribution in [0.4, 0.5) is 16.2 Å². The number of urea groups is 1. The number of non-ortho nitro benzene ring substituents is 1. The van der Waals surface area contributed by atoms with Crippen molar-refractivity contribution in [1.82, 2.24) is 14.9 Å². The first kappa shape index (κ1) is 25.9. The van der Waals surface area contributed by atoms with Crippen LogP contribution < -0.4 is 5.32 Å². The van der Waals surface area contributed by atoms with E-state index in [1.807, 2.05) is 60.7 Å². The van der Waals surface area contributed by atoms with Gasteiger partial charge in [-0.3, -0.25) is 19.9 Å². The second-order valence-electron chi connectivity index (χ2n) is 10.0. The van der Waals surface area contributed by atoms with Crippen molar-refractivity contribution in [3.05, 3.63) is 135 Å². The largest absolute Gasteiger partial charge is 0.322 e. The normalized spacial score (nSPS) is 16.2. The highest BCUT2D eigenvalue weighted by atomic mass is 16.6. The molecule has 2 aliphatic heterocycles. The average Bonchev–Trinajstić information content (AvgIpc) is 3.44. The molecule has 6 rings (SSSR count). The Labute approximate surface area is 236 Å². The zero-order chi connectivity index (χ0) is 28.3. The number of hydrogen-bond acceptors (Lipinski definition) is 6. The lowest BCUT2D eigenvalue weighted by atomic mass is 9.86. The number of benzene rings is 3. The van der Waals surface area contributed by atoms with E-state index in [9.17, 15) is 19.7 Å². The molecule has 1 atom stereocenters. The van der Waals surface area contributed by atoms with Gasteiger partial charge >= 0.3 is 6.03 Å². The fraction of sp³-hybridized carbons (Fsp3) is 0.161. The van der Waals surface area contributed by atoms with Gasteiger partial charge < -0.3 is 10.2 Å². The minimum absolute atomic E-state index is 0.00879. The standard InChI is InChI=1S/C31H26N6O4/c38-29-16-28(22-4-2-1-3-5-22)30(34-36(29)18-21-6-12-27(13-7-21)37(40)41)23-8-10-26(11-9-23)33-31(39)35-19-24-14-15-32-17-25(24)20-35/h1-15,17,28H,16,18-20H2,(H,33,39). The van der Waals surface area contributed by atoms with Gasteiger partial charge in [0.25, 0.3) is 5.69 Å². The molecule has 4 aromatic rings. The lowest BCUT2D eigenvalue weighted by molar-refractivity contribution is -0.384. The predicted octanol–water partition coefficient (Wildman–Crippen LogP) is 5.46. The third-order valence-corrected chi connectivity index (χ3v) is 7.35. The third-order valence-electron chi connectivity index (χ3n) is 7.35. The number of pyridine rings is 1. The highest BCUT2D eigenvalue weighted by Gasteiger charge is 2.32. The second-order valence-corrected chi connectivity index (χ2v) is 10.0. The Morgan fingerprint density at radius 2 is 1.68 bits per heavy atom. The number of nitro benzene ring substituents is 1. The predicted molar refractivity (Wildman–Crippen MR) is 153 cm³/mol. The Kier molecular flexibility index (Phi) is 6.95. The van der Waals surface area contributed by atoms with Crippen LogP contribution in [0.5, 0.6) is 0 Å². The lowest BCUT2D eigenvalue weighted by Crippen LogP contribution is -2.36. The first-order valence-corrected chi connectivity index (χ1v) is 13.2. The Balaban J connectivity index is 1.23. The molecule has 0 spiro atoms. The quantitative estimate of drug-likeness (QED) is 0.254. The maximum Gasteiger partial charge on any atom is 0.322 e. The molecular formula is C31H26N6O4. The average molecular weight is 547 g/mol. The number of hydrogen-bond donors (Lipinski definition) is 1. The number of fused-ring (bicyclic) bond motifs is 1. The Morgan fingerprint density at radius 1 is 0.951 bits per heavy atom. The number of carbonyl (C=O) groups is 2. The number of rotatable bonds is 6. The van der Waals surface area contributed by atoms with E-state index in [2.05, 4.69) is 10.3 Å². The summed E-state index contributed by atoms with van der Waals surface area (Å²) in [5.41, 5.74) is 6.08. The summed E-state index contributed by atoms with van der Waals surface area (Å²) in [4.78, 5) is 42.5. The van der Waals surface area contributed by atoms with Crippen LogP contribution in [0.15, 0.2) is 102 Å². The van der Waals surface area contributed by atoms with Crippen LogP contribution in [0.3, 0.4) is 0 Å². The van der Waals surface area contributed by atoms with Crippen LogP contribution in [0, 0.1) is 10.1 Å². The molecule has 1 unspecified atom stereocenters. The molecular weight excluding hydrogens is 520 g/mol. The van der Waals surface area contributed by atoms with Crippen molar-refractivity contribution < 1.29 is 14.5 Å². The number of amides is 3. The molecule has 0 saturated heterocycles. The van der Waals surface area contributed by atoms with Crippen molar-refractivity contribution in [3.63, 3.8) is 0 Å². The van der Waals surface area contributed by atoms with Crippen molar-refractivity contribution in [2.75, 3.05) is 5.32 Å². The van der Waals surface area contributed by atoms with E-state index in [1.165, 1.54) is 17.1 Å². The van der Waals surface area contributed by atoms with Gasteiger partial charge in [0.05, 0.1) is 17.2 Å². The topological polar surface area (TPSA) is 121 Å². The molecule has 1 N–H and O–H groups in total. The molecule has 3 heterocycles. The summed E-state index contributed by atoms with van der Waals surface area (Å²) in [5, 5.41) is 20.2. The van der Waals surface area contributed by atoms with Gasteiger partial charge in [0, 0.05) is 55.6 Å². The summed E-state index contributed by atoms with van der Waals surface area (Å²) in [5.74, 6) is -0.374. The first-order valence-electron chi connectivity index (χ1n) is 13.2. The molecule has 0 fully saturated rings. The molecule has 41 heavy (non-hydrogen) atoms. The molecule has 0 radical (unpaired) electrons. The van der Waals surface area contributed by atoms with Gasteiger partial charge in [-0.05, 0) is 46.0 Å². The van der Waals surface area contributed by atoms with Crippen LogP contribution in [0.1, 0.15) is 40.2 Å². The zero-order valence-corrected chi connectivity index (χ0v) is 22.0. The molecule has 204 valence electrons. The highest BCUT2D eigenvalue weighted by Crippen LogP contribution is 2.31. The number of aromatic nitrogens is 1. The summed E-state index contributed by atoms with van der Waals surface area (Å²) in [6.45, 7) is 1.25.